The molecular formula is C14H18O2. The number of carbonyl (C=O) groups is 1. The largest absolute Gasteiger partial charge is 0.462 e. The number of ether oxygens (including phenoxy) is 1. The zero-order valence-corrected chi connectivity index (χ0v) is 9.85. The van der Waals surface area contributed by atoms with E-state index < -0.39 is 0 Å². The second kappa shape index (κ2) is 6.83. The van der Waals surface area contributed by atoms with E-state index in [9.17, 15) is 4.79 Å². The third kappa shape index (κ3) is 4.30. The number of rotatable bonds is 5. The van der Waals surface area contributed by atoms with Gasteiger partial charge in [0.2, 0.25) is 0 Å². The van der Waals surface area contributed by atoms with Crippen LogP contribution in [-0.4, -0.2) is 12.6 Å². The number of esters is 1. The average molecular weight is 218 g/mol. The Bertz CT molecular complexity index is 341. The molecule has 86 valence electrons. The van der Waals surface area contributed by atoms with Crippen LogP contribution in [0.2, 0.25) is 0 Å². The second-order valence-corrected chi connectivity index (χ2v) is 3.75. The first-order chi connectivity index (χ1) is 7.74. The molecule has 2 heteroatoms. The van der Waals surface area contributed by atoms with Crippen LogP contribution in [0.3, 0.4) is 0 Å². The van der Waals surface area contributed by atoms with Crippen LogP contribution in [0.4, 0.5) is 0 Å². The van der Waals surface area contributed by atoms with E-state index in [1.807, 2.05) is 44.2 Å². The summed E-state index contributed by atoms with van der Waals surface area (Å²) in [6, 6.07) is 10.0. The SMILES string of the molecule is CC/C=C/C(=O)OCC(C)c1ccccc1. The monoisotopic (exact) mass is 218 g/mol. The Balaban J connectivity index is 2.39. The van der Waals surface area contributed by atoms with Gasteiger partial charge in [-0.15, -0.1) is 0 Å². The average Bonchev–Trinajstić information content (AvgIpc) is 2.34. The molecule has 0 aliphatic carbocycles. The Hall–Kier alpha value is -1.57. The van der Waals surface area contributed by atoms with Crippen molar-refractivity contribution in [2.24, 2.45) is 0 Å². The van der Waals surface area contributed by atoms with Crippen LogP contribution in [0.15, 0.2) is 42.5 Å². The van der Waals surface area contributed by atoms with Crippen LogP contribution in [-0.2, 0) is 9.53 Å². The predicted octanol–water partition coefficient (Wildman–Crippen LogP) is 3.30. The Morgan fingerprint density at radius 2 is 2.06 bits per heavy atom. The van der Waals surface area contributed by atoms with Gasteiger partial charge in [0.15, 0.2) is 0 Å². The first kappa shape index (κ1) is 12.5. The Kier molecular flexibility index (Phi) is 5.34. The van der Waals surface area contributed by atoms with Gasteiger partial charge in [-0.2, -0.15) is 0 Å². The molecule has 0 amide bonds. The summed E-state index contributed by atoms with van der Waals surface area (Å²) in [7, 11) is 0. The predicted molar refractivity (Wildman–Crippen MR) is 65.2 cm³/mol. The number of hydrogen-bond acceptors (Lipinski definition) is 2. The van der Waals surface area contributed by atoms with Crippen LogP contribution >= 0.6 is 0 Å². The summed E-state index contributed by atoms with van der Waals surface area (Å²) < 4.78 is 5.13. The molecule has 1 aromatic carbocycles. The molecular weight excluding hydrogens is 200 g/mol. The van der Waals surface area contributed by atoms with Crippen LogP contribution in [0, 0.1) is 0 Å². The van der Waals surface area contributed by atoms with E-state index in [0.717, 1.165) is 6.42 Å². The van der Waals surface area contributed by atoms with E-state index >= 15 is 0 Å². The molecule has 2 nitrogen and oxygen atoms in total. The summed E-state index contributed by atoms with van der Waals surface area (Å²) in [5.41, 5.74) is 1.19. The van der Waals surface area contributed by atoms with Gasteiger partial charge < -0.3 is 4.74 Å². The van der Waals surface area contributed by atoms with E-state index in [0.29, 0.717) is 6.61 Å². The molecule has 1 rings (SSSR count). The lowest BCUT2D eigenvalue weighted by Crippen LogP contribution is -2.08. The maximum atomic E-state index is 11.2. The summed E-state index contributed by atoms with van der Waals surface area (Å²) >= 11 is 0. The fraction of sp³-hybridized carbons (Fsp3) is 0.357. The summed E-state index contributed by atoms with van der Waals surface area (Å²) in [6.07, 6.45) is 4.14. The number of carbonyl (C=O) groups excluding carboxylic acids is 1. The Morgan fingerprint density at radius 1 is 1.38 bits per heavy atom. The molecule has 1 aromatic rings. The van der Waals surface area contributed by atoms with Gasteiger partial charge in [0.25, 0.3) is 0 Å². The van der Waals surface area contributed by atoms with E-state index in [2.05, 4.69) is 0 Å². The highest BCUT2D eigenvalue weighted by atomic mass is 16.5. The Labute approximate surface area is 96.9 Å². The minimum atomic E-state index is -0.260. The van der Waals surface area contributed by atoms with E-state index in [1.165, 1.54) is 11.6 Å². The fourth-order valence-corrected chi connectivity index (χ4v) is 1.35. The molecule has 0 aliphatic heterocycles. The highest BCUT2D eigenvalue weighted by molar-refractivity contribution is 5.81. The van der Waals surface area contributed by atoms with Crippen molar-refractivity contribution in [2.75, 3.05) is 6.61 Å². The van der Waals surface area contributed by atoms with Gasteiger partial charge in [-0.05, 0) is 12.0 Å². The minimum Gasteiger partial charge on any atom is -0.462 e. The highest BCUT2D eigenvalue weighted by Crippen LogP contribution is 2.14. The molecule has 0 fully saturated rings. The van der Waals surface area contributed by atoms with Crippen molar-refractivity contribution in [3.63, 3.8) is 0 Å². The van der Waals surface area contributed by atoms with Gasteiger partial charge >= 0.3 is 5.97 Å². The first-order valence-electron chi connectivity index (χ1n) is 5.62. The summed E-state index contributed by atoms with van der Waals surface area (Å²) in [6.45, 7) is 4.46. The van der Waals surface area contributed by atoms with Crippen LogP contribution < -0.4 is 0 Å². The molecule has 0 spiro atoms. The summed E-state index contributed by atoms with van der Waals surface area (Å²) in [5.74, 6) is -0.0233. The lowest BCUT2D eigenvalue weighted by atomic mass is 10.0. The molecule has 0 aliphatic rings. The molecule has 0 bridgehead atoms. The molecule has 1 unspecified atom stereocenters. The molecule has 0 N–H and O–H groups in total. The first-order valence-corrected chi connectivity index (χ1v) is 5.62. The zero-order chi connectivity index (χ0) is 11.8. The highest BCUT2D eigenvalue weighted by Gasteiger charge is 2.06. The maximum absolute atomic E-state index is 11.2. The lowest BCUT2D eigenvalue weighted by Gasteiger charge is -2.11. The molecule has 0 aromatic heterocycles. The van der Waals surface area contributed by atoms with Gasteiger partial charge in [0, 0.05) is 12.0 Å². The van der Waals surface area contributed by atoms with E-state index in [-0.39, 0.29) is 11.9 Å². The van der Waals surface area contributed by atoms with Crippen molar-refractivity contribution in [1.82, 2.24) is 0 Å². The van der Waals surface area contributed by atoms with Gasteiger partial charge in [0.05, 0.1) is 6.61 Å². The molecule has 0 radical (unpaired) electrons. The van der Waals surface area contributed by atoms with Gasteiger partial charge in [-0.3, -0.25) is 0 Å². The molecule has 1 atom stereocenters. The molecule has 16 heavy (non-hydrogen) atoms. The smallest absolute Gasteiger partial charge is 0.330 e. The van der Waals surface area contributed by atoms with E-state index in [4.69, 9.17) is 4.74 Å². The third-order valence-corrected chi connectivity index (χ3v) is 2.33. The van der Waals surface area contributed by atoms with Crippen molar-refractivity contribution in [1.29, 1.82) is 0 Å². The van der Waals surface area contributed by atoms with Gasteiger partial charge in [-0.1, -0.05) is 50.3 Å². The maximum Gasteiger partial charge on any atom is 0.330 e. The fourth-order valence-electron chi connectivity index (χ4n) is 1.35. The molecule has 0 saturated carbocycles. The quantitative estimate of drug-likeness (QED) is 0.560. The van der Waals surface area contributed by atoms with Crippen LogP contribution in [0.25, 0.3) is 0 Å². The van der Waals surface area contributed by atoms with Gasteiger partial charge in [0.1, 0.15) is 0 Å². The Morgan fingerprint density at radius 3 is 2.69 bits per heavy atom. The van der Waals surface area contributed by atoms with Crippen molar-refractivity contribution in [3.8, 4) is 0 Å². The third-order valence-electron chi connectivity index (χ3n) is 2.33. The minimum absolute atomic E-state index is 0.236. The van der Waals surface area contributed by atoms with Gasteiger partial charge in [-0.25, -0.2) is 4.79 Å². The van der Waals surface area contributed by atoms with Crippen molar-refractivity contribution < 1.29 is 9.53 Å². The molecule has 0 heterocycles. The van der Waals surface area contributed by atoms with E-state index in [1.54, 1.807) is 6.08 Å². The summed E-state index contributed by atoms with van der Waals surface area (Å²) in [5, 5.41) is 0. The lowest BCUT2D eigenvalue weighted by molar-refractivity contribution is -0.138. The number of allylic oxidation sites excluding steroid dienone is 1. The second-order valence-electron chi connectivity index (χ2n) is 3.75. The number of hydrogen-bond donors (Lipinski definition) is 0. The van der Waals surface area contributed by atoms with Crippen molar-refractivity contribution in [2.45, 2.75) is 26.2 Å². The topological polar surface area (TPSA) is 26.3 Å². The summed E-state index contributed by atoms with van der Waals surface area (Å²) in [4.78, 5) is 11.2. The normalized spacial score (nSPS) is 12.6. The van der Waals surface area contributed by atoms with Crippen LogP contribution in [0.1, 0.15) is 31.7 Å². The van der Waals surface area contributed by atoms with Crippen molar-refractivity contribution in [3.05, 3.63) is 48.0 Å². The van der Waals surface area contributed by atoms with Crippen LogP contribution in [0.5, 0.6) is 0 Å². The zero-order valence-electron chi connectivity index (χ0n) is 9.85. The van der Waals surface area contributed by atoms with Crippen molar-refractivity contribution >= 4 is 5.97 Å². The standard InChI is InChI=1S/C14H18O2/c1-3-4-10-14(15)16-11-12(2)13-8-6-5-7-9-13/h4-10,12H,3,11H2,1-2H3/b10-4+. The number of benzene rings is 1. The molecule has 0 saturated heterocycles.